The van der Waals surface area contributed by atoms with E-state index in [4.69, 9.17) is 9.47 Å². The predicted molar refractivity (Wildman–Crippen MR) is 139 cm³/mol. The van der Waals surface area contributed by atoms with Crippen LogP contribution in [0.2, 0.25) is 0 Å². The van der Waals surface area contributed by atoms with Crippen molar-refractivity contribution in [1.29, 1.82) is 0 Å². The van der Waals surface area contributed by atoms with Gasteiger partial charge in [-0.1, -0.05) is 12.1 Å². The number of hydrogen-bond acceptors (Lipinski definition) is 9. The zero-order chi connectivity index (χ0) is 27.0. The van der Waals surface area contributed by atoms with E-state index in [2.05, 4.69) is 20.3 Å². The zero-order valence-electron chi connectivity index (χ0n) is 21.3. The lowest BCUT2D eigenvalue weighted by Crippen LogP contribution is -2.28. The Bertz CT molecular complexity index is 1650. The Labute approximate surface area is 219 Å². The van der Waals surface area contributed by atoms with Crippen LogP contribution in [0.15, 0.2) is 61.1 Å². The Hall–Kier alpha value is -4.23. The number of hydrogen-bond donors (Lipinski definition) is 1. The summed E-state index contributed by atoms with van der Waals surface area (Å²) in [6, 6.07) is 12.4. The highest BCUT2D eigenvalue weighted by Gasteiger charge is 2.34. The molecule has 0 amide bonds. The number of aryl methyl sites for hydroxylation is 1. The van der Waals surface area contributed by atoms with Gasteiger partial charge < -0.3 is 19.0 Å². The number of methoxy groups -OCH3 is 2. The molecule has 0 fully saturated rings. The standard InChI is InChI=1S/C25H27N7O5S/c1-16(24(33)18-14-31-12-6-5-10-21(31)26-18)38(34,35)15-22-27-28-25(17-11-13-30(2)29-17)32(22)23-19(36-3)8-7-9-20(23)37-4/h5-14,16,24,33H,15H2,1-4H3/t16-,24-/m1/s1. The van der Waals surface area contributed by atoms with Gasteiger partial charge in [0.15, 0.2) is 21.5 Å². The lowest BCUT2D eigenvalue weighted by molar-refractivity contribution is 0.171. The minimum Gasteiger partial charge on any atom is -0.494 e. The van der Waals surface area contributed by atoms with Gasteiger partial charge in [-0.3, -0.25) is 9.25 Å². The maximum absolute atomic E-state index is 13.6. The smallest absolute Gasteiger partial charge is 0.189 e. The van der Waals surface area contributed by atoms with Crippen LogP contribution in [0.25, 0.3) is 22.9 Å². The fraction of sp³-hybridized carbons (Fsp3) is 0.280. The molecular formula is C25H27N7O5S. The normalized spacial score (nSPS) is 13.5. The van der Waals surface area contributed by atoms with Gasteiger partial charge in [0.2, 0.25) is 0 Å². The summed E-state index contributed by atoms with van der Waals surface area (Å²) in [5.74, 6) is 0.768. The fourth-order valence-electron chi connectivity index (χ4n) is 4.24. The summed E-state index contributed by atoms with van der Waals surface area (Å²) in [5.41, 5.74) is 1.78. The van der Waals surface area contributed by atoms with Gasteiger partial charge in [0.05, 0.1) is 25.2 Å². The van der Waals surface area contributed by atoms with Crippen molar-refractivity contribution in [1.82, 2.24) is 33.9 Å². The van der Waals surface area contributed by atoms with Crippen molar-refractivity contribution in [2.45, 2.75) is 24.0 Å². The van der Waals surface area contributed by atoms with E-state index in [-0.39, 0.29) is 11.5 Å². The Balaban J connectivity index is 1.58. The topological polar surface area (TPSA) is 139 Å². The summed E-state index contributed by atoms with van der Waals surface area (Å²) < 4.78 is 43.3. The maximum Gasteiger partial charge on any atom is 0.189 e. The first kappa shape index (κ1) is 25.4. The summed E-state index contributed by atoms with van der Waals surface area (Å²) in [6.45, 7) is 1.45. The molecule has 5 aromatic rings. The molecule has 13 heteroatoms. The first-order valence-electron chi connectivity index (χ1n) is 11.7. The largest absolute Gasteiger partial charge is 0.494 e. The van der Waals surface area contributed by atoms with Crippen molar-refractivity contribution in [2.75, 3.05) is 14.2 Å². The highest BCUT2D eigenvalue weighted by Crippen LogP contribution is 2.36. The predicted octanol–water partition coefficient (Wildman–Crippen LogP) is 2.37. The molecule has 0 radical (unpaired) electrons. The van der Waals surface area contributed by atoms with E-state index in [9.17, 15) is 13.5 Å². The Kier molecular flexibility index (Phi) is 6.63. The number of imidazole rings is 1. The molecule has 0 spiro atoms. The average Bonchev–Trinajstić information content (AvgIpc) is 3.65. The second-order valence-electron chi connectivity index (χ2n) is 8.75. The van der Waals surface area contributed by atoms with Crippen molar-refractivity contribution in [3.8, 4) is 28.7 Å². The molecule has 0 aliphatic rings. The molecule has 12 nitrogen and oxygen atoms in total. The summed E-state index contributed by atoms with van der Waals surface area (Å²) in [5, 5.41) is 22.7. The van der Waals surface area contributed by atoms with E-state index >= 15 is 0 Å². The number of ether oxygens (including phenoxy) is 2. The highest BCUT2D eigenvalue weighted by atomic mass is 32.2. The number of nitrogens with zero attached hydrogens (tertiary/aromatic N) is 7. The molecule has 0 aliphatic carbocycles. The summed E-state index contributed by atoms with van der Waals surface area (Å²) in [6.07, 6.45) is 3.79. The van der Waals surface area contributed by atoms with Crippen LogP contribution in [0.4, 0.5) is 0 Å². The molecule has 0 saturated heterocycles. The van der Waals surface area contributed by atoms with Crippen molar-refractivity contribution in [3.05, 3.63) is 72.6 Å². The Morgan fingerprint density at radius 1 is 1.00 bits per heavy atom. The van der Waals surface area contributed by atoms with Gasteiger partial charge in [-0.25, -0.2) is 13.4 Å². The molecule has 4 heterocycles. The van der Waals surface area contributed by atoms with Crippen LogP contribution in [0.1, 0.15) is 24.5 Å². The van der Waals surface area contributed by atoms with Crippen molar-refractivity contribution in [3.63, 3.8) is 0 Å². The molecule has 0 aliphatic heterocycles. The number of sulfone groups is 1. The zero-order valence-corrected chi connectivity index (χ0v) is 22.1. The fourth-order valence-corrected chi connectivity index (χ4v) is 5.58. The van der Waals surface area contributed by atoms with Gasteiger partial charge in [-0.05, 0) is 37.3 Å². The monoisotopic (exact) mass is 537 g/mol. The Morgan fingerprint density at radius 2 is 1.74 bits per heavy atom. The number of benzene rings is 1. The van der Waals surface area contributed by atoms with Gasteiger partial charge in [0.25, 0.3) is 0 Å². The second kappa shape index (κ2) is 9.91. The van der Waals surface area contributed by atoms with Crippen LogP contribution in [0, 0.1) is 0 Å². The van der Waals surface area contributed by atoms with Gasteiger partial charge in [0, 0.05) is 25.6 Å². The molecule has 0 bridgehead atoms. The van der Waals surface area contributed by atoms with Crippen LogP contribution in [0.5, 0.6) is 11.5 Å². The van der Waals surface area contributed by atoms with Crippen molar-refractivity contribution >= 4 is 15.5 Å². The van der Waals surface area contributed by atoms with Crippen LogP contribution in [0.3, 0.4) is 0 Å². The van der Waals surface area contributed by atoms with E-state index < -0.39 is 26.9 Å². The van der Waals surface area contributed by atoms with Gasteiger partial charge in [-0.15, -0.1) is 10.2 Å². The van der Waals surface area contributed by atoms with E-state index in [1.807, 2.05) is 12.1 Å². The molecule has 0 saturated carbocycles. The molecular weight excluding hydrogens is 510 g/mol. The van der Waals surface area contributed by atoms with Crippen LogP contribution in [-0.2, 0) is 22.6 Å². The van der Waals surface area contributed by atoms with Crippen molar-refractivity contribution in [2.24, 2.45) is 7.05 Å². The number of para-hydroxylation sites is 1. The van der Waals surface area contributed by atoms with Crippen molar-refractivity contribution < 1.29 is 23.0 Å². The number of pyridine rings is 1. The van der Waals surface area contributed by atoms with Gasteiger partial charge >= 0.3 is 0 Å². The third kappa shape index (κ3) is 4.50. The highest BCUT2D eigenvalue weighted by molar-refractivity contribution is 7.91. The minimum atomic E-state index is -3.96. The summed E-state index contributed by atoms with van der Waals surface area (Å²) in [7, 11) is 0.818. The Morgan fingerprint density at radius 3 is 2.37 bits per heavy atom. The van der Waals surface area contributed by atoms with E-state index in [1.54, 1.807) is 69.6 Å². The van der Waals surface area contributed by atoms with Crippen LogP contribution in [-0.4, -0.2) is 66.9 Å². The van der Waals surface area contributed by atoms with Crippen LogP contribution >= 0.6 is 0 Å². The molecule has 1 aromatic carbocycles. The summed E-state index contributed by atoms with van der Waals surface area (Å²) in [4.78, 5) is 4.38. The molecule has 5 rings (SSSR count). The number of aliphatic hydroxyl groups is 1. The summed E-state index contributed by atoms with van der Waals surface area (Å²) >= 11 is 0. The maximum atomic E-state index is 13.6. The molecule has 4 aromatic heterocycles. The van der Waals surface area contributed by atoms with E-state index in [1.165, 1.54) is 21.1 Å². The third-order valence-electron chi connectivity index (χ3n) is 6.33. The first-order chi connectivity index (χ1) is 18.2. The lowest BCUT2D eigenvalue weighted by atomic mass is 10.2. The number of aromatic nitrogens is 7. The van der Waals surface area contributed by atoms with E-state index in [0.717, 1.165) is 0 Å². The number of fused-ring (bicyclic) bond motifs is 1. The number of rotatable bonds is 9. The molecule has 0 unspecified atom stereocenters. The molecule has 38 heavy (non-hydrogen) atoms. The third-order valence-corrected chi connectivity index (χ3v) is 8.38. The first-order valence-corrected chi connectivity index (χ1v) is 13.4. The van der Waals surface area contributed by atoms with Gasteiger partial charge in [-0.2, -0.15) is 5.10 Å². The van der Waals surface area contributed by atoms with Crippen LogP contribution < -0.4 is 9.47 Å². The number of aliphatic hydroxyl groups excluding tert-OH is 1. The minimum absolute atomic E-state index is 0.113. The lowest BCUT2D eigenvalue weighted by Gasteiger charge is -2.19. The quantitative estimate of drug-likeness (QED) is 0.300. The SMILES string of the molecule is COc1cccc(OC)c1-n1c(CS(=O)(=O)[C@H](C)[C@@H](O)c2cn3ccccc3n2)nnc1-c1ccn(C)n1. The average molecular weight is 538 g/mol. The van der Waals surface area contributed by atoms with E-state index in [0.29, 0.717) is 34.4 Å². The molecule has 198 valence electrons. The molecule has 1 N–H and O–H groups in total. The molecule has 2 atom stereocenters. The second-order valence-corrected chi connectivity index (χ2v) is 11.1. The van der Waals surface area contributed by atoms with Gasteiger partial charge in [0.1, 0.15) is 40.4 Å².